The van der Waals surface area contributed by atoms with Crippen LogP contribution in [-0.2, 0) is 20.9 Å². The molecule has 1 atom stereocenters. The lowest BCUT2D eigenvalue weighted by molar-refractivity contribution is -0.150. The fraction of sp³-hybridized carbons (Fsp3) is 0.522. The Morgan fingerprint density at radius 2 is 1.78 bits per heavy atom. The van der Waals surface area contributed by atoms with Crippen LogP contribution in [0.1, 0.15) is 49.9 Å². The number of ether oxygens (including phenoxy) is 1. The van der Waals surface area contributed by atoms with Crippen LogP contribution in [-0.4, -0.2) is 59.0 Å². The van der Waals surface area contributed by atoms with Gasteiger partial charge in [-0.05, 0) is 24.3 Å². The van der Waals surface area contributed by atoms with Crippen molar-refractivity contribution in [2.75, 3.05) is 19.7 Å². The average molecular weight is 444 g/mol. The van der Waals surface area contributed by atoms with Gasteiger partial charge in [0, 0.05) is 31.3 Å². The van der Waals surface area contributed by atoms with Gasteiger partial charge in [0.2, 0.25) is 11.8 Å². The monoisotopic (exact) mass is 443 g/mol. The number of carbonyl (C=O) groups is 3. The van der Waals surface area contributed by atoms with E-state index >= 15 is 0 Å². The summed E-state index contributed by atoms with van der Waals surface area (Å²) in [5.74, 6) is 0.0893. The van der Waals surface area contributed by atoms with E-state index < -0.39 is 23.1 Å². The number of piperidine rings is 1. The van der Waals surface area contributed by atoms with E-state index in [9.17, 15) is 14.4 Å². The summed E-state index contributed by atoms with van der Waals surface area (Å²) in [4.78, 5) is 42.4. The zero-order chi connectivity index (χ0) is 22.9. The van der Waals surface area contributed by atoms with Crippen LogP contribution in [0.2, 0.25) is 0 Å². The molecule has 4 rings (SSSR count). The normalized spacial score (nSPS) is 20.5. The summed E-state index contributed by atoms with van der Waals surface area (Å²) >= 11 is 0. The Morgan fingerprint density at radius 3 is 2.38 bits per heavy atom. The second-order valence-corrected chi connectivity index (χ2v) is 9.26. The molecule has 2 fully saturated rings. The van der Waals surface area contributed by atoms with Gasteiger partial charge < -0.3 is 23.8 Å². The molecule has 0 bridgehead atoms. The van der Waals surface area contributed by atoms with Crippen molar-refractivity contribution in [1.82, 2.24) is 15.1 Å². The molecule has 2 saturated heterocycles. The minimum atomic E-state index is -0.967. The molecule has 172 valence electrons. The number of carbonyl (C=O) groups excluding carboxylic acids is 3. The molecule has 9 nitrogen and oxygen atoms in total. The highest BCUT2D eigenvalue weighted by Gasteiger charge is 2.55. The summed E-state index contributed by atoms with van der Waals surface area (Å²) in [7, 11) is 0. The molecule has 0 saturated carbocycles. The zero-order valence-electron chi connectivity index (χ0n) is 18.6. The smallest absolute Gasteiger partial charge is 0.292 e. The summed E-state index contributed by atoms with van der Waals surface area (Å²) in [6, 6.07) is 5.90. The first-order valence-corrected chi connectivity index (χ1v) is 10.8. The Morgan fingerprint density at radius 1 is 1.09 bits per heavy atom. The first-order chi connectivity index (χ1) is 15.2. The molecule has 1 N–H and O–H groups in total. The Hall–Kier alpha value is -3.07. The average Bonchev–Trinajstić information content (AvgIpc) is 3.52. The maximum atomic E-state index is 13.4. The van der Waals surface area contributed by atoms with Crippen LogP contribution in [0.5, 0.6) is 0 Å². The van der Waals surface area contributed by atoms with E-state index in [-0.39, 0.29) is 30.7 Å². The van der Waals surface area contributed by atoms with Gasteiger partial charge in [-0.3, -0.25) is 19.3 Å². The van der Waals surface area contributed by atoms with Crippen molar-refractivity contribution in [1.29, 1.82) is 0 Å². The van der Waals surface area contributed by atoms with Crippen LogP contribution < -0.4 is 5.32 Å². The van der Waals surface area contributed by atoms with Crippen molar-refractivity contribution in [3.63, 3.8) is 0 Å². The van der Waals surface area contributed by atoms with E-state index in [4.69, 9.17) is 13.6 Å². The van der Waals surface area contributed by atoms with Crippen LogP contribution in [0.4, 0.5) is 0 Å². The van der Waals surface area contributed by atoms with E-state index in [0.717, 1.165) is 0 Å². The van der Waals surface area contributed by atoms with Gasteiger partial charge in [0.15, 0.2) is 5.76 Å². The molecule has 0 aliphatic carbocycles. The number of furan rings is 2. The van der Waals surface area contributed by atoms with E-state index in [1.165, 1.54) is 17.4 Å². The molecule has 1 spiro atoms. The standard InChI is InChI=1S/C23H29N3O6/c1-22(2,3)21(29)25-10-8-23(9-11-25)26(20(28)18-7-5-13-31-18)17(15-32-23)19(27)24-14-16-6-4-12-30-16/h4-7,12-13,17H,8-11,14-15H2,1-3H3,(H,24,27). The summed E-state index contributed by atoms with van der Waals surface area (Å²) in [5.41, 5.74) is -1.45. The Balaban J connectivity index is 1.53. The maximum Gasteiger partial charge on any atom is 0.292 e. The van der Waals surface area contributed by atoms with Crippen molar-refractivity contribution in [3.05, 3.63) is 48.3 Å². The van der Waals surface area contributed by atoms with Crippen molar-refractivity contribution < 1.29 is 28.0 Å². The van der Waals surface area contributed by atoms with Gasteiger partial charge in [-0.1, -0.05) is 20.8 Å². The molecular formula is C23H29N3O6. The highest BCUT2D eigenvalue weighted by atomic mass is 16.5. The number of rotatable bonds is 4. The number of hydrogen-bond donors (Lipinski definition) is 1. The Kier molecular flexibility index (Phi) is 5.85. The van der Waals surface area contributed by atoms with E-state index in [0.29, 0.717) is 31.7 Å². The van der Waals surface area contributed by atoms with Crippen LogP contribution in [0.15, 0.2) is 45.6 Å². The molecule has 2 aliphatic heterocycles. The number of nitrogens with one attached hydrogen (secondary N) is 1. The first-order valence-electron chi connectivity index (χ1n) is 10.8. The van der Waals surface area contributed by atoms with Crippen LogP contribution in [0.3, 0.4) is 0 Å². The predicted molar refractivity (Wildman–Crippen MR) is 113 cm³/mol. The minimum Gasteiger partial charge on any atom is -0.467 e. The number of likely N-dealkylation sites (tertiary alicyclic amines) is 1. The predicted octanol–water partition coefficient (Wildman–Crippen LogP) is 2.39. The molecular weight excluding hydrogens is 414 g/mol. The van der Waals surface area contributed by atoms with Crippen molar-refractivity contribution in [3.8, 4) is 0 Å². The summed E-state index contributed by atoms with van der Waals surface area (Å²) in [6.45, 7) is 6.83. The number of hydrogen-bond acceptors (Lipinski definition) is 6. The summed E-state index contributed by atoms with van der Waals surface area (Å²) in [5, 5.41) is 2.82. The van der Waals surface area contributed by atoms with Gasteiger partial charge in [-0.15, -0.1) is 0 Å². The summed E-state index contributed by atoms with van der Waals surface area (Å²) in [6.07, 6.45) is 3.80. The van der Waals surface area contributed by atoms with E-state index in [2.05, 4.69) is 5.32 Å². The highest BCUT2D eigenvalue weighted by Crippen LogP contribution is 2.39. The van der Waals surface area contributed by atoms with Gasteiger partial charge in [-0.25, -0.2) is 0 Å². The molecule has 32 heavy (non-hydrogen) atoms. The third-order valence-electron chi connectivity index (χ3n) is 6.00. The molecule has 3 amide bonds. The Bertz CT molecular complexity index is 953. The van der Waals surface area contributed by atoms with Crippen LogP contribution in [0.25, 0.3) is 0 Å². The van der Waals surface area contributed by atoms with Gasteiger partial charge in [-0.2, -0.15) is 0 Å². The molecule has 2 aromatic heterocycles. The van der Waals surface area contributed by atoms with Gasteiger partial charge in [0.25, 0.3) is 5.91 Å². The maximum absolute atomic E-state index is 13.4. The SMILES string of the molecule is CC(C)(C)C(=O)N1CCC2(CC1)OCC(C(=O)NCc1ccco1)N2C(=O)c1ccco1. The Labute approximate surface area is 186 Å². The molecule has 9 heteroatoms. The lowest BCUT2D eigenvalue weighted by atomic mass is 9.91. The van der Waals surface area contributed by atoms with E-state index in [1.807, 2.05) is 20.8 Å². The molecule has 1 unspecified atom stereocenters. The second kappa shape index (κ2) is 8.46. The third kappa shape index (κ3) is 4.17. The fourth-order valence-electron chi connectivity index (χ4n) is 4.32. The van der Waals surface area contributed by atoms with Crippen molar-refractivity contribution in [2.45, 2.75) is 51.9 Å². The van der Waals surface area contributed by atoms with Crippen molar-refractivity contribution >= 4 is 17.7 Å². The van der Waals surface area contributed by atoms with E-state index in [1.54, 1.807) is 29.2 Å². The third-order valence-corrected chi connectivity index (χ3v) is 6.00. The van der Waals surface area contributed by atoms with Gasteiger partial charge in [0.05, 0.1) is 25.7 Å². The van der Waals surface area contributed by atoms with Gasteiger partial charge in [0.1, 0.15) is 17.5 Å². The fourth-order valence-corrected chi connectivity index (χ4v) is 4.32. The number of nitrogens with zero attached hydrogens (tertiary/aromatic N) is 2. The second-order valence-electron chi connectivity index (χ2n) is 9.26. The zero-order valence-corrected chi connectivity index (χ0v) is 18.6. The molecule has 2 aromatic rings. The molecule has 0 radical (unpaired) electrons. The number of amides is 3. The molecule has 4 heterocycles. The lowest BCUT2D eigenvalue weighted by Crippen LogP contribution is -2.60. The first kappa shape index (κ1) is 22.1. The lowest BCUT2D eigenvalue weighted by Gasteiger charge is -2.45. The van der Waals surface area contributed by atoms with Crippen LogP contribution >= 0.6 is 0 Å². The largest absolute Gasteiger partial charge is 0.467 e. The van der Waals surface area contributed by atoms with Crippen LogP contribution in [0, 0.1) is 5.41 Å². The topological polar surface area (TPSA) is 105 Å². The quantitative estimate of drug-likeness (QED) is 0.778. The highest BCUT2D eigenvalue weighted by molar-refractivity contribution is 5.96. The van der Waals surface area contributed by atoms with Gasteiger partial charge >= 0.3 is 0 Å². The minimum absolute atomic E-state index is 0.0574. The molecule has 0 aromatic carbocycles. The summed E-state index contributed by atoms with van der Waals surface area (Å²) < 4.78 is 16.7. The molecule has 2 aliphatic rings. The van der Waals surface area contributed by atoms with Crippen molar-refractivity contribution in [2.24, 2.45) is 5.41 Å².